The van der Waals surface area contributed by atoms with E-state index in [4.69, 9.17) is 9.67 Å². The van der Waals surface area contributed by atoms with Gasteiger partial charge in [-0.1, -0.05) is 0 Å². The van der Waals surface area contributed by atoms with E-state index in [1.165, 1.54) is 12.1 Å². The summed E-state index contributed by atoms with van der Waals surface area (Å²) in [5, 5.41) is 9.12. The van der Waals surface area contributed by atoms with Gasteiger partial charge in [-0.15, -0.1) is 0 Å². The van der Waals surface area contributed by atoms with Crippen LogP contribution in [0.1, 0.15) is 0 Å². The van der Waals surface area contributed by atoms with Crippen LogP contribution in [0.3, 0.4) is 0 Å². The van der Waals surface area contributed by atoms with Crippen LogP contribution in [-0.2, 0) is 0 Å². The van der Waals surface area contributed by atoms with Gasteiger partial charge in [0.15, 0.2) is 5.75 Å². The quantitative estimate of drug-likeness (QED) is 0.409. The van der Waals surface area contributed by atoms with Crippen molar-refractivity contribution in [3.05, 3.63) is 40.8 Å². The van der Waals surface area contributed by atoms with Gasteiger partial charge in [0, 0.05) is 17.5 Å². The molecule has 0 radical (unpaired) electrons. The zero-order chi connectivity index (χ0) is 9.26. The fourth-order valence-electron chi connectivity index (χ4n) is 1.10. The lowest BCUT2D eigenvalue weighted by Crippen LogP contribution is -1.94. The summed E-state index contributed by atoms with van der Waals surface area (Å²) in [7, 11) is 0. The molecule has 0 fully saturated rings. The van der Waals surface area contributed by atoms with Gasteiger partial charge in [0.05, 0.1) is 0 Å². The van der Waals surface area contributed by atoms with Crippen LogP contribution in [0.25, 0.3) is 11.0 Å². The average Bonchev–Trinajstić information content (AvgIpc) is 2.16. The number of fused-ring (bicyclic) bond motifs is 1. The average molecular weight is 178 g/mol. The molecule has 1 aromatic carbocycles. The highest BCUT2D eigenvalue weighted by atomic mass is 17.1. The van der Waals surface area contributed by atoms with Gasteiger partial charge in [0.1, 0.15) is 5.58 Å². The van der Waals surface area contributed by atoms with E-state index in [-0.39, 0.29) is 5.75 Å². The third-order valence-electron chi connectivity index (χ3n) is 1.70. The zero-order valence-electron chi connectivity index (χ0n) is 6.56. The SMILES string of the molecule is O=c1ccc2ccc(OO)cc2o1. The zero-order valence-corrected chi connectivity index (χ0v) is 6.56. The number of benzene rings is 1. The van der Waals surface area contributed by atoms with E-state index in [0.717, 1.165) is 5.39 Å². The lowest BCUT2D eigenvalue weighted by atomic mass is 10.2. The summed E-state index contributed by atoms with van der Waals surface area (Å²) in [5.41, 5.74) is -0.0401. The van der Waals surface area contributed by atoms with Crippen LogP contribution in [0.2, 0.25) is 0 Å². The van der Waals surface area contributed by atoms with Gasteiger partial charge in [-0.3, -0.25) is 0 Å². The Morgan fingerprint density at radius 2 is 2.00 bits per heavy atom. The maximum atomic E-state index is 10.8. The van der Waals surface area contributed by atoms with E-state index in [2.05, 4.69) is 4.89 Å². The van der Waals surface area contributed by atoms with Crippen LogP contribution in [0.4, 0.5) is 0 Å². The minimum absolute atomic E-state index is 0.238. The summed E-state index contributed by atoms with van der Waals surface area (Å²) in [6.45, 7) is 0. The summed E-state index contributed by atoms with van der Waals surface area (Å²) >= 11 is 0. The fraction of sp³-hybridized carbons (Fsp3) is 0. The minimum Gasteiger partial charge on any atom is -0.423 e. The normalized spacial score (nSPS) is 10.2. The number of hydrogen-bond acceptors (Lipinski definition) is 4. The highest BCUT2D eigenvalue weighted by Crippen LogP contribution is 2.18. The molecule has 4 nitrogen and oxygen atoms in total. The van der Waals surface area contributed by atoms with Crippen molar-refractivity contribution in [2.75, 3.05) is 0 Å². The second-order valence-electron chi connectivity index (χ2n) is 2.55. The summed E-state index contributed by atoms with van der Waals surface area (Å²) in [5.74, 6) is 0.238. The smallest absolute Gasteiger partial charge is 0.336 e. The van der Waals surface area contributed by atoms with E-state index in [9.17, 15) is 4.79 Å². The van der Waals surface area contributed by atoms with Gasteiger partial charge in [0.2, 0.25) is 0 Å². The molecule has 2 rings (SSSR count). The first-order valence-electron chi connectivity index (χ1n) is 3.65. The Balaban J connectivity index is 2.75. The Labute approximate surface area is 72.9 Å². The van der Waals surface area contributed by atoms with Gasteiger partial charge >= 0.3 is 5.63 Å². The molecule has 0 unspecified atom stereocenters. The molecular weight excluding hydrogens is 172 g/mol. The second kappa shape index (κ2) is 2.91. The van der Waals surface area contributed by atoms with Crippen LogP contribution in [0.15, 0.2) is 39.5 Å². The first-order valence-corrected chi connectivity index (χ1v) is 3.65. The Hall–Kier alpha value is -1.81. The maximum Gasteiger partial charge on any atom is 0.336 e. The van der Waals surface area contributed by atoms with Crippen LogP contribution < -0.4 is 10.5 Å². The molecular formula is C9H6O4. The van der Waals surface area contributed by atoms with Crippen molar-refractivity contribution in [1.29, 1.82) is 0 Å². The Morgan fingerprint density at radius 1 is 1.23 bits per heavy atom. The van der Waals surface area contributed by atoms with Crippen LogP contribution in [0, 0.1) is 0 Å². The van der Waals surface area contributed by atoms with Crippen molar-refractivity contribution in [1.82, 2.24) is 0 Å². The van der Waals surface area contributed by atoms with Gasteiger partial charge in [-0.05, 0) is 18.2 Å². The summed E-state index contributed by atoms with van der Waals surface area (Å²) in [4.78, 5) is 14.8. The molecule has 1 N–H and O–H groups in total. The Morgan fingerprint density at radius 3 is 2.77 bits per heavy atom. The molecule has 0 aliphatic carbocycles. The van der Waals surface area contributed by atoms with Gasteiger partial charge in [-0.25, -0.2) is 10.1 Å². The van der Waals surface area contributed by atoms with Crippen molar-refractivity contribution in [3.63, 3.8) is 0 Å². The van der Waals surface area contributed by atoms with E-state index in [1.54, 1.807) is 18.2 Å². The Kier molecular flexibility index (Phi) is 1.75. The molecule has 0 spiro atoms. The Bertz CT molecular complexity index is 486. The third kappa shape index (κ3) is 1.39. The molecule has 0 bridgehead atoms. The highest BCUT2D eigenvalue weighted by Gasteiger charge is 1.99. The molecule has 0 saturated carbocycles. The standard InChI is InChI=1S/C9H6O4/c10-9-4-2-6-1-3-7(13-11)5-8(6)12-9/h1-5,11H. The molecule has 0 saturated heterocycles. The molecule has 2 aromatic rings. The highest BCUT2D eigenvalue weighted by molar-refractivity contribution is 5.77. The molecule has 0 aliphatic rings. The van der Waals surface area contributed by atoms with E-state index >= 15 is 0 Å². The van der Waals surface area contributed by atoms with E-state index in [0.29, 0.717) is 5.58 Å². The van der Waals surface area contributed by atoms with Gasteiger partial charge < -0.3 is 9.30 Å². The molecule has 0 aliphatic heterocycles. The van der Waals surface area contributed by atoms with Crippen molar-refractivity contribution < 1.29 is 14.6 Å². The molecule has 1 heterocycles. The van der Waals surface area contributed by atoms with Crippen LogP contribution >= 0.6 is 0 Å². The van der Waals surface area contributed by atoms with Crippen molar-refractivity contribution in [3.8, 4) is 5.75 Å². The molecule has 1 aromatic heterocycles. The largest absolute Gasteiger partial charge is 0.423 e. The number of rotatable bonds is 1. The topological polar surface area (TPSA) is 59.7 Å². The molecule has 66 valence electrons. The van der Waals surface area contributed by atoms with Crippen molar-refractivity contribution in [2.45, 2.75) is 0 Å². The molecule has 4 heteroatoms. The molecule has 13 heavy (non-hydrogen) atoms. The first-order chi connectivity index (χ1) is 6.29. The summed E-state index contributed by atoms with van der Waals surface area (Å²) in [6.07, 6.45) is 0. The summed E-state index contributed by atoms with van der Waals surface area (Å²) in [6, 6.07) is 7.67. The molecule has 0 atom stereocenters. The van der Waals surface area contributed by atoms with Gasteiger partial charge in [0.25, 0.3) is 0 Å². The minimum atomic E-state index is -0.428. The number of hydrogen-bond donors (Lipinski definition) is 1. The third-order valence-corrected chi connectivity index (χ3v) is 1.70. The lowest BCUT2D eigenvalue weighted by Gasteiger charge is -1.97. The van der Waals surface area contributed by atoms with E-state index in [1.807, 2.05) is 0 Å². The van der Waals surface area contributed by atoms with Crippen molar-refractivity contribution in [2.24, 2.45) is 0 Å². The van der Waals surface area contributed by atoms with Crippen molar-refractivity contribution >= 4 is 11.0 Å². The second-order valence-corrected chi connectivity index (χ2v) is 2.55. The summed E-state index contributed by atoms with van der Waals surface area (Å²) < 4.78 is 4.86. The van der Waals surface area contributed by atoms with Crippen LogP contribution in [-0.4, -0.2) is 5.26 Å². The monoisotopic (exact) mass is 178 g/mol. The van der Waals surface area contributed by atoms with Gasteiger partial charge in [-0.2, -0.15) is 0 Å². The van der Waals surface area contributed by atoms with E-state index < -0.39 is 5.63 Å². The predicted molar refractivity (Wildman–Crippen MR) is 45.7 cm³/mol. The lowest BCUT2D eigenvalue weighted by molar-refractivity contribution is -0.137. The van der Waals surface area contributed by atoms with Crippen LogP contribution in [0.5, 0.6) is 5.75 Å². The predicted octanol–water partition coefficient (Wildman–Crippen LogP) is 1.64. The molecule has 0 amide bonds. The maximum absolute atomic E-state index is 10.8. The fourth-order valence-corrected chi connectivity index (χ4v) is 1.10. The first kappa shape index (κ1) is 7.82.